The number of nitrogens with one attached hydrogen (secondary N) is 1. The Balaban J connectivity index is 1.75. The van der Waals surface area contributed by atoms with Crippen molar-refractivity contribution in [1.29, 1.82) is 0 Å². The quantitative estimate of drug-likeness (QED) is 0.575. The minimum absolute atomic E-state index is 0.00931. The summed E-state index contributed by atoms with van der Waals surface area (Å²) in [6.45, 7) is 5.27. The second-order valence-corrected chi connectivity index (χ2v) is 7.90. The molecule has 3 rings (SSSR count). The first-order chi connectivity index (χ1) is 15.1. The number of nitrogens with zero attached hydrogens (tertiary/aromatic N) is 2. The number of benzene rings is 2. The number of alkyl carbamates (subject to hydrolysis) is 1. The lowest BCUT2D eigenvalue weighted by molar-refractivity contribution is -0.132. The molecule has 0 fully saturated rings. The standard InChI is InChI=1S/C23H23N3O6/c1-23(2,3)32-22(30)26-19-10-9-16(11-17(19)13-24-26)12-18(20(27)28)25-21(29)31-14-15-7-5-4-6-8-15/h4-13H,14H2,1-3H3,(H,25,29)(H,27,28)/b18-12-. The summed E-state index contributed by atoms with van der Waals surface area (Å²) in [5, 5.41) is 16.3. The first-order valence-corrected chi connectivity index (χ1v) is 9.76. The molecule has 0 aliphatic heterocycles. The summed E-state index contributed by atoms with van der Waals surface area (Å²) in [7, 11) is 0. The lowest BCUT2D eigenvalue weighted by Crippen LogP contribution is -2.27. The number of carboxylic acids is 1. The van der Waals surface area contributed by atoms with Gasteiger partial charge in [-0.15, -0.1) is 0 Å². The first kappa shape index (κ1) is 22.5. The van der Waals surface area contributed by atoms with Crippen LogP contribution in [0.4, 0.5) is 9.59 Å². The first-order valence-electron chi connectivity index (χ1n) is 9.76. The molecule has 0 saturated carbocycles. The van der Waals surface area contributed by atoms with Crippen molar-refractivity contribution in [2.45, 2.75) is 33.0 Å². The minimum atomic E-state index is -1.33. The van der Waals surface area contributed by atoms with Crippen molar-refractivity contribution < 1.29 is 29.0 Å². The number of hydrogen-bond acceptors (Lipinski definition) is 6. The van der Waals surface area contributed by atoms with Crippen molar-refractivity contribution in [3.8, 4) is 0 Å². The van der Waals surface area contributed by atoms with Crippen LogP contribution in [0.3, 0.4) is 0 Å². The molecule has 0 unspecified atom stereocenters. The fraction of sp³-hybridized carbons (Fsp3) is 0.217. The number of carbonyl (C=O) groups is 3. The molecular weight excluding hydrogens is 414 g/mol. The largest absolute Gasteiger partial charge is 0.477 e. The van der Waals surface area contributed by atoms with Gasteiger partial charge in [0.2, 0.25) is 0 Å². The Labute approximate surface area is 184 Å². The van der Waals surface area contributed by atoms with E-state index in [1.54, 1.807) is 63.2 Å². The van der Waals surface area contributed by atoms with E-state index in [-0.39, 0.29) is 12.3 Å². The molecule has 32 heavy (non-hydrogen) atoms. The molecule has 0 atom stereocenters. The van der Waals surface area contributed by atoms with E-state index in [1.165, 1.54) is 12.3 Å². The van der Waals surface area contributed by atoms with E-state index >= 15 is 0 Å². The smallest absolute Gasteiger partial charge is 0.435 e. The molecule has 0 bridgehead atoms. The number of aromatic nitrogens is 2. The van der Waals surface area contributed by atoms with Crippen molar-refractivity contribution in [3.05, 3.63) is 71.6 Å². The Morgan fingerprint density at radius 3 is 2.50 bits per heavy atom. The zero-order valence-electron chi connectivity index (χ0n) is 17.9. The van der Waals surface area contributed by atoms with Crippen LogP contribution in [-0.2, 0) is 20.9 Å². The monoisotopic (exact) mass is 437 g/mol. The molecule has 0 aliphatic rings. The van der Waals surface area contributed by atoms with E-state index in [0.29, 0.717) is 16.5 Å². The molecule has 9 nitrogen and oxygen atoms in total. The molecule has 2 aromatic carbocycles. The van der Waals surface area contributed by atoms with Crippen molar-refractivity contribution in [1.82, 2.24) is 15.1 Å². The predicted molar refractivity (Wildman–Crippen MR) is 117 cm³/mol. The fourth-order valence-corrected chi connectivity index (χ4v) is 2.78. The highest BCUT2D eigenvalue weighted by atomic mass is 16.6. The van der Waals surface area contributed by atoms with Gasteiger partial charge in [-0.3, -0.25) is 5.32 Å². The van der Waals surface area contributed by atoms with E-state index in [2.05, 4.69) is 10.4 Å². The van der Waals surface area contributed by atoms with Crippen LogP contribution in [0.2, 0.25) is 0 Å². The maximum atomic E-state index is 12.3. The van der Waals surface area contributed by atoms with Gasteiger partial charge in [-0.25, -0.2) is 14.4 Å². The van der Waals surface area contributed by atoms with Gasteiger partial charge < -0.3 is 14.6 Å². The summed E-state index contributed by atoms with van der Waals surface area (Å²) in [5.41, 5.74) is 0.735. The third kappa shape index (κ3) is 5.94. The van der Waals surface area contributed by atoms with E-state index < -0.39 is 23.8 Å². The molecule has 2 N–H and O–H groups in total. The topological polar surface area (TPSA) is 120 Å². The van der Waals surface area contributed by atoms with Crippen LogP contribution in [-0.4, -0.2) is 38.6 Å². The van der Waals surface area contributed by atoms with E-state index in [4.69, 9.17) is 9.47 Å². The summed E-state index contributed by atoms with van der Waals surface area (Å²) in [6, 6.07) is 13.9. The molecule has 0 aliphatic carbocycles. The second kappa shape index (κ2) is 9.34. The number of ether oxygens (including phenoxy) is 2. The number of rotatable bonds is 5. The van der Waals surface area contributed by atoms with Gasteiger partial charge in [-0.1, -0.05) is 36.4 Å². The summed E-state index contributed by atoms with van der Waals surface area (Å²) < 4.78 is 11.5. The summed E-state index contributed by atoms with van der Waals surface area (Å²) in [4.78, 5) is 35.9. The molecule has 0 spiro atoms. The molecule has 0 radical (unpaired) electrons. The molecule has 0 saturated heterocycles. The van der Waals surface area contributed by atoms with Gasteiger partial charge in [0.25, 0.3) is 0 Å². The summed E-state index contributed by atoms with van der Waals surface area (Å²) in [6.07, 6.45) is 1.25. The molecule has 9 heteroatoms. The SMILES string of the molecule is CC(C)(C)OC(=O)n1ncc2cc(/C=C(\NC(=O)OCc3ccccc3)C(=O)O)ccc21. The van der Waals surface area contributed by atoms with Gasteiger partial charge in [0, 0.05) is 5.39 Å². The van der Waals surface area contributed by atoms with Crippen LogP contribution in [0, 0.1) is 0 Å². The highest BCUT2D eigenvalue weighted by Gasteiger charge is 2.20. The number of fused-ring (bicyclic) bond motifs is 1. The maximum absolute atomic E-state index is 12.3. The molecule has 3 aromatic rings. The number of carboxylic acid groups (broad SMARTS) is 1. The zero-order valence-corrected chi connectivity index (χ0v) is 17.9. The lowest BCUT2D eigenvalue weighted by atomic mass is 10.1. The van der Waals surface area contributed by atoms with Gasteiger partial charge in [0.15, 0.2) is 0 Å². The lowest BCUT2D eigenvalue weighted by Gasteiger charge is -2.19. The summed E-state index contributed by atoms with van der Waals surface area (Å²) in [5.74, 6) is -1.33. The Bertz CT molecular complexity index is 1180. The van der Waals surface area contributed by atoms with Gasteiger partial charge >= 0.3 is 18.2 Å². The molecule has 1 heterocycles. The van der Waals surface area contributed by atoms with Crippen LogP contribution >= 0.6 is 0 Å². The van der Waals surface area contributed by atoms with E-state index in [0.717, 1.165) is 10.2 Å². The maximum Gasteiger partial charge on any atom is 0.435 e. The van der Waals surface area contributed by atoms with Gasteiger partial charge in [0.05, 0.1) is 11.7 Å². The van der Waals surface area contributed by atoms with Crippen molar-refractivity contribution >= 4 is 35.1 Å². The van der Waals surface area contributed by atoms with Crippen LogP contribution in [0.15, 0.2) is 60.4 Å². The molecular formula is C23H23N3O6. The number of carbonyl (C=O) groups excluding carboxylic acids is 2. The van der Waals surface area contributed by atoms with Crippen molar-refractivity contribution in [2.75, 3.05) is 0 Å². The molecule has 1 aromatic heterocycles. The number of hydrogen-bond donors (Lipinski definition) is 2. The Morgan fingerprint density at radius 1 is 1.12 bits per heavy atom. The van der Waals surface area contributed by atoms with Gasteiger partial charge in [-0.2, -0.15) is 9.78 Å². The normalized spacial score (nSPS) is 11.8. The Kier molecular flexibility index (Phi) is 6.58. The van der Waals surface area contributed by atoms with Crippen LogP contribution < -0.4 is 5.32 Å². The average Bonchev–Trinajstić information content (AvgIpc) is 3.15. The average molecular weight is 437 g/mol. The summed E-state index contributed by atoms with van der Waals surface area (Å²) >= 11 is 0. The van der Waals surface area contributed by atoms with Gasteiger partial charge in [0.1, 0.15) is 17.9 Å². The van der Waals surface area contributed by atoms with Crippen molar-refractivity contribution in [3.63, 3.8) is 0 Å². The highest BCUT2D eigenvalue weighted by Crippen LogP contribution is 2.19. The third-order valence-corrected chi connectivity index (χ3v) is 4.15. The van der Waals surface area contributed by atoms with Crippen LogP contribution in [0.25, 0.3) is 17.0 Å². The minimum Gasteiger partial charge on any atom is -0.477 e. The second-order valence-electron chi connectivity index (χ2n) is 7.90. The van der Waals surface area contributed by atoms with Crippen LogP contribution in [0.5, 0.6) is 0 Å². The predicted octanol–water partition coefficient (Wildman–Crippen LogP) is 4.17. The zero-order chi connectivity index (χ0) is 23.3. The van der Waals surface area contributed by atoms with E-state index in [1.807, 2.05) is 6.07 Å². The number of amides is 1. The number of aliphatic carboxylic acids is 1. The highest BCUT2D eigenvalue weighted by molar-refractivity contribution is 5.96. The molecule has 1 amide bonds. The van der Waals surface area contributed by atoms with Gasteiger partial charge in [-0.05, 0) is 50.1 Å². The Morgan fingerprint density at radius 2 is 1.84 bits per heavy atom. The Hall–Kier alpha value is -4.14. The van der Waals surface area contributed by atoms with E-state index in [9.17, 15) is 19.5 Å². The molecule has 166 valence electrons. The van der Waals surface area contributed by atoms with Crippen LogP contribution in [0.1, 0.15) is 31.9 Å². The third-order valence-electron chi connectivity index (χ3n) is 4.15. The fourth-order valence-electron chi connectivity index (χ4n) is 2.78. The van der Waals surface area contributed by atoms with Crippen molar-refractivity contribution in [2.24, 2.45) is 0 Å².